The molecule has 1 aliphatic heterocycles. The van der Waals surface area contributed by atoms with Gasteiger partial charge in [-0.3, -0.25) is 14.9 Å². The Bertz CT molecular complexity index is 489. The number of nitrogens with one attached hydrogen (secondary N) is 2. The van der Waals surface area contributed by atoms with E-state index in [0.29, 0.717) is 19.5 Å². The van der Waals surface area contributed by atoms with Gasteiger partial charge in [-0.15, -0.1) is 0 Å². The number of hydrogen-bond acceptors (Lipinski definition) is 5. The van der Waals surface area contributed by atoms with Crippen LogP contribution in [0.5, 0.6) is 0 Å². The van der Waals surface area contributed by atoms with E-state index in [-0.39, 0.29) is 23.7 Å². The van der Waals surface area contributed by atoms with Crippen molar-refractivity contribution in [2.45, 2.75) is 25.1 Å². The second-order valence-corrected chi connectivity index (χ2v) is 4.70. The Morgan fingerprint density at radius 1 is 1.50 bits per heavy atom. The molecule has 2 atom stereocenters. The van der Waals surface area contributed by atoms with Crippen LogP contribution in [0.3, 0.4) is 0 Å². The fourth-order valence-electron chi connectivity index (χ4n) is 2.13. The smallest absolute Gasteiger partial charge is 0.269 e. The monoisotopic (exact) mass is 279 g/mol. The lowest BCUT2D eigenvalue weighted by molar-refractivity contribution is -0.384. The predicted molar refractivity (Wildman–Crippen MR) is 72.1 cm³/mol. The van der Waals surface area contributed by atoms with E-state index in [4.69, 9.17) is 4.74 Å². The molecule has 20 heavy (non-hydrogen) atoms. The van der Waals surface area contributed by atoms with Gasteiger partial charge in [0.2, 0.25) is 5.91 Å². The summed E-state index contributed by atoms with van der Waals surface area (Å²) in [5.41, 5.74) is 0.866. The zero-order valence-electron chi connectivity index (χ0n) is 11.2. The maximum Gasteiger partial charge on any atom is 0.269 e. The van der Waals surface area contributed by atoms with Crippen LogP contribution < -0.4 is 10.6 Å². The minimum atomic E-state index is -0.449. The van der Waals surface area contributed by atoms with E-state index in [0.717, 1.165) is 5.56 Å². The first-order valence-electron chi connectivity index (χ1n) is 6.37. The van der Waals surface area contributed by atoms with Gasteiger partial charge in [-0.1, -0.05) is 12.1 Å². The number of rotatable bonds is 5. The molecule has 1 aliphatic rings. The Balaban J connectivity index is 1.83. The number of hydrogen-bond donors (Lipinski definition) is 2. The summed E-state index contributed by atoms with van der Waals surface area (Å²) in [5, 5.41) is 16.4. The van der Waals surface area contributed by atoms with Gasteiger partial charge in [-0.2, -0.15) is 0 Å². The Kier molecular flexibility index (Phi) is 4.65. The second-order valence-electron chi connectivity index (χ2n) is 4.70. The number of carbonyl (C=O) groups excluding carboxylic acids is 1. The number of ether oxygens (including phenoxy) is 1. The Morgan fingerprint density at radius 2 is 2.20 bits per heavy atom. The number of nitrogens with zero attached hydrogens (tertiary/aromatic N) is 1. The summed E-state index contributed by atoms with van der Waals surface area (Å²) in [7, 11) is 1.63. The number of nitro benzene ring substituents is 1. The first-order chi connectivity index (χ1) is 9.60. The van der Waals surface area contributed by atoms with Crippen LogP contribution in [0, 0.1) is 10.1 Å². The van der Waals surface area contributed by atoms with Crippen LogP contribution in [0.15, 0.2) is 24.3 Å². The standard InChI is InChI=1S/C13H17N3O4/c1-20-11-6-12(14-8-11)13(17)15-7-9-2-4-10(5-3-9)16(18)19/h2-5,11-12,14H,6-8H2,1H3,(H,15,17). The molecule has 7 nitrogen and oxygen atoms in total. The fraction of sp³-hybridized carbons (Fsp3) is 0.462. The highest BCUT2D eigenvalue weighted by atomic mass is 16.6. The van der Waals surface area contributed by atoms with Gasteiger partial charge in [-0.05, 0) is 12.0 Å². The Morgan fingerprint density at radius 3 is 2.75 bits per heavy atom. The van der Waals surface area contributed by atoms with Gasteiger partial charge in [0.25, 0.3) is 5.69 Å². The van der Waals surface area contributed by atoms with E-state index in [9.17, 15) is 14.9 Å². The molecule has 2 unspecified atom stereocenters. The van der Waals surface area contributed by atoms with Crippen molar-refractivity contribution < 1.29 is 14.5 Å². The van der Waals surface area contributed by atoms with Crippen LogP contribution in [0.25, 0.3) is 0 Å². The van der Waals surface area contributed by atoms with E-state index in [2.05, 4.69) is 10.6 Å². The third-order valence-corrected chi connectivity index (χ3v) is 3.35. The van der Waals surface area contributed by atoms with Gasteiger partial charge in [0.1, 0.15) is 0 Å². The second kappa shape index (κ2) is 6.44. The number of methoxy groups -OCH3 is 1. The number of amides is 1. The molecule has 2 N–H and O–H groups in total. The summed E-state index contributed by atoms with van der Waals surface area (Å²) in [4.78, 5) is 22.0. The van der Waals surface area contributed by atoms with Crippen LogP contribution in [0.1, 0.15) is 12.0 Å². The summed E-state index contributed by atoms with van der Waals surface area (Å²) in [5.74, 6) is -0.0806. The molecule has 1 amide bonds. The zero-order chi connectivity index (χ0) is 14.5. The third-order valence-electron chi connectivity index (χ3n) is 3.35. The summed E-state index contributed by atoms with van der Waals surface area (Å²) in [6.45, 7) is 1.03. The molecular weight excluding hydrogens is 262 g/mol. The van der Waals surface area contributed by atoms with Crippen molar-refractivity contribution in [1.82, 2.24) is 10.6 Å². The van der Waals surface area contributed by atoms with Crippen molar-refractivity contribution in [3.63, 3.8) is 0 Å². The topological polar surface area (TPSA) is 93.5 Å². The molecule has 0 spiro atoms. The highest BCUT2D eigenvalue weighted by Gasteiger charge is 2.28. The lowest BCUT2D eigenvalue weighted by Crippen LogP contribution is -2.39. The summed E-state index contributed by atoms with van der Waals surface area (Å²) in [6.07, 6.45) is 0.730. The molecular formula is C13H17N3O4. The van der Waals surface area contributed by atoms with E-state index >= 15 is 0 Å². The van der Waals surface area contributed by atoms with Crippen LogP contribution in [-0.4, -0.2) is 36.6 Å². The Labute approximate surface area is 116 Å². The zero-order valence-corrected chi connectivity index (χ0v) is 11.2. The van der Waals surface area contributed by atoms with Gasteiger partial charge < -0.3 is 15.4 Å². The van der Waals surface area contributed by atoms with Crippen molar-refractivity contribution in [3.8, 4) is 0 Å². The molecule has 0 radical (unpaired) electrons. The molecule has 0 aliphatic carbocycles. The molecule has 1 fully saturated rings. The van der Waals surface area contributed by atoms with Gasteiger partial charge >= 0.3 is 0 Å². The third kappa shape index (κ3) is 3.52. The highest BCUT2D eigenvalue weighted by Crippen LogP contribution is 2.12. The number of benzene rings is 1. The van der Waals surface area contributed by atoms with Crippen molar-refractivity contribution in [1.29, 1.82) is 0 Å². The van der Waals surface area contributed by atoms with E-state index in [1.54, 1.807) is 19.2 Å². The average molecular weight is 279 g/mol. The number of nitro groups is 1. The van der Waals surface area contributed by atoms with E-state index in [1.165, 1.54) is 12.1 Å². The highest BCUT2D eigenvalue weighted by molar-refractivity contribution is 5.82. The quantitative estimate of drug-likeness (QED) is 0.607. The molecule has 0 saturated carbocycles. The van der Waals surface area contributed by atoms with Crippen molar-refractivity contribution in [2.24, 2.45) is 0 Å². The molecule has 1 aromatic rings. The minimum Gasteiger partial charge on any atom is -0.380 e. The minimum absolute atomic E-state index is 0.0421. The molecule has 1 aromatic carbocycles. The first kappa shape index (κ1) is 14.4. The Hall–Kier alpha value is -1.99. The van der Waals surface area contributed by atoms with Crippen LogP contribution in [0.4, 0.5) is 5.69 Å². The molecule has 0 bridgehead atoms. The lowest BCUT2D eigenvalue weighted by Gasteiger charge is -2.11. The first-order valence-corrected chi connectivity index (χ1v) is 6.37. The predicted octanol–water partition coefficient (Wildman–Crippen LogP) is 0.588. The van der Waals surface area contributed by atoms with Crippen molar-refractivity contribution in [3.05, 3.63) is 39.9 Å². The lowest BCUT2D eigenvalue weighted by atomic mass is 10.1. The summed E-state index contributed by atoms with van der Waals surface area (Å²) in [6, 6.07) is 5.89. The molecule has 1 saturated heterocycles. The number of non-ortho nitro benzene ring substituents is 1. The van der Waals surface area contributed by atoms with Crippen LogP contribution in [0.2, 0.25) is 0 Å². The van der Waals surface area contributed by atoms with E-state index < -0.39 is 4.92 Å². The van der Waals surface area contributed by atoms with Gasteiger partial charge in [-0.25, -0.2) is 0 Å². The summed E-state index contributed by atoms with van der Waals surface area (Å²) >= 11 is 0. The SMILES string of the molecule is COC1CNC(C(=O)NCc2ccc([N+](=O)[O-])cc2)C1. The van der Waals surface area contributed by atoms with E-state index in [1.807, 2.05) is 0 Å². The largest absolute Gasteiger partial charge is 0.380 e. The number of carbonyl (C=O) groups is 1. The van der Waals surface area contributed by atoms with Gasteiger partial charge in [0, 0.05) is 32.3 Å². The van der Waals surface area contributed by atoms with Gasteiger partial charge in [0.15, 0.2) is 0 Å². The fourth-order valence-corrected chi connectivity index (χ4v) is 2.13. The normalized spacial score (nSPS) is 21.6. The molecule has 1 heterocycles. The maximum absolute atomic E-state index is 11.9. The van der Waals surface area contributed by atoms with Crippen LogP contribution in [-0.2, 0) is 16.1 Å². The maximum atomic E-state index is 11.9. The van der Waals surface area contributed by atoms with Crippen molar-refractivity contribution >= 4 is 11.6 Å². The molecule has 2 rings (SSSR count). The summed E-state index contributed by atoms with van der Waals surface area (Å²) < 4.78 is 5.18. The van der Waals surface area contributed by atoms with Crippen molar-refractivity contribution in [2.75, 3.05) is 13.7 Å². The molecule has 7 heteroatoms. The molecule has 108 valence electrons. The van der Waals surface area contributed by atoms with Gasteiger partial charge in [0.05, 0.1) is 17.1 Å². The average Bonchev–Trinajstić information content (AvgIpc) is 2.94. The van der Waals surface area contributed by atoms with Crippen LogP contribution >= 0.6 is 0 Å². The molecule has 0 aromatic heterocycles.